The Hall–Kier alpha value is -1.49. The number of nitrogens with one attached hydrogen (secondary N) is 2. The molecular weight excluding hydrogens is 444 g/mol. The minimum absolute atomic E-state index is 0.0177. The molecule has 2 saturated carbocycles. The third-order valence-electron chi connectivity index (χ3n) is 7.87. The zero-order valence-electron chi connectivity index (χ0n) is 19.4. The molecule has 5 rings (SSSR count). The first-order chi connectivity index (χ1) is 16.0. The van der Waals surface area contributed by atoms with Gasteiger partial charge in [0.25, 0.3) is 5.91 Å². The molecule has 184 valence electrons. The Kier molecular flexibility index (Phi) is 6.79. The third kappa shape index (κ3) is 4.99. The number of carbonyl (C=O) groups is 1. The van der Waals surface area contributed by atoms with Crippen molar-refractivity contribution >= 4 is 15.9 Å². The fraction of sp³-hybridized carbons (Fsp3) is 0.826. The number of hydrogen-bond donors (Lipinski definition) is 2. The largest absolute Gasteiger partial charge is 0.383 e. The Balaban J connectivity index is 1.16. The highest BCUT2D eigenvalue weighted by Crippen LogP contribution is 2.42. The molecule has 3 atom stereocenters. The van der Waals surface area contributed by atoms with Gasteiger partial charge in [-0.2, -0.15) is 4.31 Å². The third-order valence-corrected chi connectivity index (χ3v) is 10.4. The van der Waals surface area contributed by atoms with E-state index in [-0.39, 0.29) is 29.3 Å². The first-order valence-corrected chi connectivity index (χ1v) is 14.0. The van der Waals surface area contributed by atoms with Crippen LogP contribution in [0.2, 0.25) is 0 Å². The summed E-state index contributed by atoms with van der Waals surface area (Å²) in [4.78, 5) is 12.7. The number of piperidine rings is 1. The average molecular weight is 481 g/mol. The van der Waals surface area contributed by atoms with Crippen LogP contribution in [0.1, 0.15) is 86.4 Å². The van der Waals surface area contributed by atoms with Crippen LogP contribution < -0.4 is 10.6 Å². The van der Waals surface area contributed by atoms with Crippen molar-refractivity contribution in [2.45, 2.75) is 99.5 Å². The summed E-state index contributed by atoms with van der Waals surface area (Å²) >= 11 is 0. The van der Waals surface area contributed by atoms with Crippen molar-refractivity contribution in [3.8, 4) is 0 Å². The lowest BCUT2D eigenvalue weighted by Crippen LogP contribution is -2.55. The molecule has 2 N–H and O–H groups in total. The molecule has 2 bridgehead atoms. The van der Waals surface area contributed by atoms with E-state index in [0.717, 1.165) is 50.8 Å². The summed E-state index contributed by atoms with van der Waals surface area (Å²) in [5, 5.41) is 10.2. The van der Waals surface area contributed by atoms with E-state index in [1.807, 2.05) is 4.31 Å². The van der Waals surface area contributed by atoms with Gasteiger partial charge in [-0.1, -0.05) is 5.16 Å². The van der Waals surface area contributed by atoms with Gasteiger partial charge in [-0.25, -0.2) is 8.42 Å². The van der Waals surface area contributed by atoms with Gasteiger partial charge in [-0.3, -0.25) is 4.79 Å². The summed E-state index contributed by atoms with van der Waals surface area (Å²) < 4.78 is 39.4. The lowest BCUT2D eigenvalue weighted by molar-refractivity contribution is 0.0899. The Morgan fingerprint density at radius 1 is 1.09 bits per heavy atom. The van der Waals surface area contributed by atoms with Crippen molar-refractivity contribution in [2.75, 3.05) is 20.3 Å². The molecule has 0 unspecified atom stereocenters. The minimum atomic E-state index is -3.33. The van der Waals surface area contributed by atoms with E-state index in [4.69, 9.17) is 9.26 Å². The zero-order chi connectivity index (χ0) is 23.0. The molecule has 0 spiro atoms. The van der Waals surface area contributed by atoms with Crippen LogP contribution in [0, 0.1) is 0 Å². The van der Waals surface area contributed by atoms with Crippen molar-refractivity contribution < 1.29 is 22.5 Å². The Morgan fingerprint density at radius 3 is 2.42 bits per heavy atom. The Labute approximate surface area is 196 Å². The molecule has 4 aliphatic rings. The van der Waals surface area contributed by atoms with E-state index in [1.165, 1.54) is 0 Å². The normalized spacial score (nSPS) is 32.7. The van der Waals surface area contributed by atoms with Crippen LogP contribution in [0.5, 0.6) is 0 Å². The van der Waals surface area contributed by atoms with E-state index in [9.17, 15) is 13.2 Å². The lowest BCUT2D eigenvalue weighted by atomic mass is 9.95. The van der Waals surface area contributed by atoms with Crippen molar-refractivity contribution in [1.82, 2.24) is 20.1 Å². The molecule has 2 aliphatic carbocycles. The molecule has 1 amide bonds. The molecule has 9 nitrogen and oxygen atoms in total. The van der Waals surface area contributed by atoms with Gasteiger partial charge in [0.15, 0.2) is 5.69 Å². The predicted molar refractivity (Wildman–Crippen MR) is 122 cm³/mol. The minimum Gasteiger partial charge on any atom is -0.383 e. The molecule has 0 radical (unpaired) electrons. The summed E-state index contributed by atoms with van der Waals surface area (Å²) in [5.74, 6) is 0.995. The van der Waals surface area contributed by atoms with Crippen molar-refractivity contribution in [3.05, 3.63) is 17.5 Å². The number of nitrogens with zero attached hydrogens (tertiary/aromatic N) is 2. The molecule has 2 saturated heterocycles. The molecule has 1 aromatic heterocycles. The van der Waals surface area contributed by atoms with E-state index < -0.39 is 10.0 Å². The molecule has 10 heteroatoms. The summed E-state index contributed by atoms with van der Waals surface area (Å²) in [6.07, 6.45) is 8.46. The topological polar surface area (TPSA) is 114 Å². The second-order valence-corrected chi connectivity index (χ2v) is 12.3. The zero-order valence-corrected chi connectivity index (χ0v) is 20.2. The summed E-state index contributed by atoms with van der Waals surface area (Å²) in [6, 6.07) is 2.07. The summed E-state index contributed by atoms with van der Waals surface area (Å²) in [6.45, 7) is 1.48. The average Bonchev–Trinajstić information content (AvgIpc) is 3.46. The molecule has 1 aromatic rings. The van der Waals surface area contributed by atoms with Crippen LogP contribution >= 0.6 is 0 Å². The monoisotopic (exact) mass is 480 g/mol. The molecular formula is C23H36N4O5S. The Bertz CT molecular complexity index is 924. The summed E-state index contributed by atoms with van der Waals surface area (Å²) in [5.41, 5.74) is 0.329. The van der Waals surface area contributed by atoms with Crippen molar-refractivity contribution in [1.29, 1.82) is 0 Å². The molecule has 0 aromatic carbocycles. The smallest absolute Gasteiger partial charge is 0.273 e. The van der Waals surface area contributed by atoms with Gasteiger partial charge in [0.2, 0.25) is 10.0 Å². The second kappa shape index (κ2) is 9.64. The van der Waals surface area contributed by atoms with Crippen LogP contribution in [0.4, 0.5) is 0 Å². The van der Waals surface area contributed by atoms with E-state index in [1.54, 1.807) is 13.2 Å². The van der Waals surface area contributed by atoms with Gasteiger partial charge >= 0.3 is 0 Å². The van der Waals surface area contributed by atoms with E-state index >= 15 is 0 Å². The number of aromatic nitrogens is 1. The van der Waals surface area contributed by atoms with Gasteiger partial charge in [0.1, 0.15) is 5.76 Å². The molecule has 3 heterocycles. The van der Waals surface area contributed by atoms with Crippen LogP contribution in [0.15, 0.2) is 10.6 Å². The number of amides is 1. The van der Waals surface area contributed by atoms with Gasteiger partial charge in [0.05, 0.1) is 11.9 Å². The van der Waals surface area contributed by atoms with Crippen LogP contribution in [-0.2, 0) is 14.8 Å². The molecule has 33 heavy (non-hydrogen) atoms. The van der Waals surface area contributed by atoms with E-state index in [0.29, 0.717) is 49.9 Å². The first-order valence-electron chi connectivity index (χ1n) is 12.5. The molecule has 2 aliphatic heterocycles. The quantitative estimate of drug-likeness (QED) is 0.521. The number of carbonyl (C=O) groups excluding carboxylic acids is 1. The maximum Gasteiger partial charge on any atom is 0.273 e. The second-order valence-electron chi connectivity index (χ2n) is 10.2. The standard InChI is InChI=1S/C23H36N4O5S/c1-31-11-10-24-16-4-8-20(9-5-16)33(29,30)27-18-6-7-19(27)13-17(12-18)25-23(28)21-14-22(32-26-21)15-2-3-15/h14-20,24H,2-13H2,1H3,(H,25,28)/t16-,17-,18+,19-,20-. The first kappa shape index (κ1) is 23.3. The highest BCUT2D eigenvalue weighted by atomic mass is 32.2. The van der Waals surface area contributed by atoms with Crippen LogP contribution in [0.3, 0.4) is 0 Å². The highest BCUT2D eigenvalue weighted by molar-refractivity contribution is 7.89. The Morgan fingerprint density at radius 2 is 1.79 bits per heavy atom. The fourth-order valence-corrected chi connectivity index (χ4v) is 8.41. The SMILES string of the molecule is COCCN[C@H]1CC[C@H](S(=O)(=O)N2[C@@H]3CC[C@H]2C[C@@H](NC(=O)c2cc(C4CC4)on2)C3)CC1. The van der Waals surface area contributed by atoms with E-state index in [2.05, 4.69) is 15.8 Å². The maximum absolute atomic E-state index is 13.6. The van der Waals surface area contributed by atoms with Gasteiger partial charge in [0, 0.05) is 49.8 Å². The number of sulfonamides is 1. The molecule has 4 fully saturated rings. The van der Waals surface area contributed by atoms with Gasteiger partial charge < -0.3 is 19.9 Å². The number of ether oxygens (including phenoxy) is 1. The lowest BCUT2D eigenvalue weighted by Gasteiger charge is -2.41. The number of fused-ring (bicyclic) bond motifs is 2. The number of hydrogen-bond acceptors (Lipinski definition) is 7. The van der Waals surface area contributed by atoms with Gasteiger partial charge in [-0.15, -0.1) is 0 Å². The predicted octanol–water partition coefficient (Wildman–Crippen LogP) is 2.15. The maximum atomic E-state index is 13.6. The van der Waals surface area contributed by atoms with Gasteiger partial charge in [-0.05, 0) is 64.2 Å². The van der Waals surface area contributed by atoms with Crippen molar-refractivity contribution in [2.24, 2.45) is 0 Å². The fourth-order valence-electron chi connectivity index (χ4n) is 5.99. The highest BCUT2D eigenvalue weighted by Gasteiger charge is 2.49. The number of rotatable bonds is 9. The summed E-state index contributed by atoms with van der Waals surface area (Å²) in [7, 11) is -1.64. The van der Waals surface area contributed by atoms with Crippen LogP contribution in [0.25, 0.3) is 0 Å². The number of methoxy groups -OCH3 is 1. The van der Waals surface area contributed by atoms with Crippen molar-refractivity contribution in [3.63, 3.8) is 0 Å². The van der Waals surface area contributed by atoms with Crippen LogP contribution in [-0.4, -0.2) is 73.5 Å².